The lowest BCUT2D eigenvalue weighted by Gasteiger charge is -2.26. The quantitative estimate of drug-likeness (QED) is 0.429. The second kappa shape index (κ2) is 9.48. The Morgan fingerprint density at radius 3 is 2.73 bits per heavy atom. The van der Waals surface area contributed by atoms with E-state index in [2.05, 4.69) is 21.5 Å². The van der Waals surface area contributed by atoms with Crippen molar-refractivity contribution in [2.24, 2.45) is 0 Å². The van der Waals surface area contributed by atoms with Crippen molar-refractivity contribution in [1.82, 2.24) is 25.1 Å². The summed E-state index contributed by atoms with van der Waals surface area (Å²) in [6, 6.07) is 8.43. The third kappa shape index (κ3) is 4.29. The summed E-state index contributed by atoms with van der Waals surface area (Å²) in [6.45, 7) is 1.84. The number of rotatable bonds is 4. The van der Waals surface area contributed by atoms with Gasteiger partial charge in [0.2, 0.25) is 0 Å². The van der Waals surface area contributed by atoms with Crippen molar-refractivity contribution >= 4 is 16.9 Å². The molecule has 0 amide bonds. The summed E-state index contributed by atoms with van der Waals surface area (Å²) < 4.78 is 45.1. The molecule has 0 aliphatic carbocycles. The molecule has 5 heterocycles. The summed E-state index contributed by atoms with van der Waals surface area (Å²) in [5, 5.41) is 17.8. The Balaban J connectivity index is 1.44. The molecule has 2 fully saturated rings. The standard InChI is InChI=1S/C27H24F3N7/c28-18-1-2-22(30)21(9-18)24-10-19(29)15-36(24)25-4-3-23-27(35-25)26(16(11-31)12-33-23)17-13-34-37(14-17)20-5-7-32-8-6-20/h1-4,9,12-14,19-20,24,32H,5-8,10,15H2/t19-,24+/m0/s1. The van der Waals surface area contributed by atoms with Gasteiger partial charge in [-0.3, -0.25) is 9.67 Å². The molecule has 188 valence electrons. The largest absolute Gasteiger partial charge is 0.346 e. The summed E-state index contributed by atoms with van der Waals surface area (Å²) in [5.74, 6) is -0.767. The van der Waals surface area contributed by atoms with Crippen LogP contribution in [0.1, 0.15) is 42.5 Å². The lowest BCUT2D eigenvalue weighted by Crippen LogP contribution is -2.29. The lowest BCUT2D eigenvalue weighted by molar-refractivity contribution is 0.343. The van der Waals surface area contributed by atoms with Gasteiger partial charge in [0.05, 0.1) is 35.9 Å². The van der Waals surface area contributed by atoms with Crippen molar-refractivity contribution in [2.75, 3.05) is 24.5 Å². The highest BCUT2D eigenvalue weighted by molar-refractivity contribution is 5.94. The highest BCUT2D eigenvalue weighted by Gasteiger charge is 2.36. The van der Waals surface area contributed by atoms with Crippen molar-refractivity contribution in [3.63, 3.8) is 0 Å². The number of fused-ring (bicyclic) bond motifs is 1. The third-order valence-corrected chi connectivity index (χ3v) is 7.25. The van der Waals surface area contributed by atoms with E-state index in [1.54, 1.807) is 23.2 Å². The fourth-order valence-corrected chi connectivity index (χ4v) is 5.43. The van der Waals surface area contributed by atoms with E-state index in [1.807, 2.05) is 10.9 Å². The van der Waals surface area contributed by atoms with Gasteiger partial charge in [0, 0.05) is 35.5 Å². The third-order valence-electron chi connectivity index (χ3n) is 7.25. The number of nitriles is 1. The Morgan fingerprint density at radius 2 is 1.92 bits per heavy atom. The number of anilines is 1. The SMILES string of the molecule is N#Cc1cnc2ccc(N3C[C@@H](F)C[C@@H]3c3cc(F)ccc3F)nc2c1-c1cnn(C2CCNCC2)c1. The fraction of sp³-hybridized carbons (Fsp3) is 0.333. The molecule has 2 aliphatic heterocycles. The lowest BCUT2D eigenvalue weighted by atomic mass is 10.0. The summed E-state index contributed by atoms with van der Waals surface area (Å²) >= 11 is 0. The van der Waals surface area contributed by atoms with E-state index in [0.717, 1.165) is 49.7 Å². The van der Waals surface area contributed by atoms with Crippen LogP contribution in [0.4, 0.5) is 19.0 Å². The van der Waals surface area contributed by atoms with Crippen molar-refractivity contribution in [1.29, 1.82) is 5.26 Å². The van der Waals surface area contributed by atoms with Gasteiger partial charge in [-0.2, -0.15) is 10.4 Å². The smallest absolute Gasteiger partial charge is 0.130 e. The Bertz CT molecular complexity index is 1510. The van der Waals surface area contributed by atoms with E-state index < -0.39 is 23.8 Å². The van der Waals surface area contributed by atoms with Gasteiger partial charge in [0.25, 0.3) is 0 Å². The minimum absolute atomic E-state index is 0.00647. The molecule has 1 aromatic carbocycles. The molecule has 0 bridgehead atoms. The first-order valence-electron chi connectivity index (χ1n) is 12.3. The molecular formula is C27H24F3N7. The van der Waals surface area contributed by atoms with Gasteiger partial charge in [-0.25, -0.2) is 18.2 Å². The van der Waals surface area contributed by atoms with Crippen LogP contribution in [-0.4, -0.2) is 45.6 Å². The monoisotopic (exact) mass is 503 g/mol. The number of halogens is 3. The highest BCUT2D eigenvalue weighted by Crippen LogP contribution is 2.39. The first kappa shape index (κ1) is 23.4. The molecule has 3 aromatic heterocycles. The Labute approximate surface area is 211 Å². The minimum atomic E-state index is -1.23. The molecule has 0 spiro atoms. The normalized spacial score (nSPS) is 20.4. The second-order valence-corrected chi connectivity index (χ2v) is 9.55. The van der Waals surface area contributed by atoms with Crippen molar-refractivity contribution in [3.05, 3.63) is 71.7 Å². The van der Waals surface area contributed by atoms with E-state index in [0.29, 0.717) is 28.0 Å². The first-order chi connectivity index (χ1) is 18.0. The number of pyridine rings is 2. The molecule has 0 unspecified atom stereocenters. The second-order valence-electron chi connectivity index (χ2n) is 9.55. The number of alkyl halides is 1. The zero-order valence-corrected chi connectivity index (χ0v) is 19.9. The Kier molecular flexibility index (Phi) is 6.00. The number of benzene rings is 1. The van der Waals surface area contributed by atoms with Crippen LogP contribution in [-0.2, 0) is 0 Å². The van der Waals surface area contributed by atoms with E-state index in [-0.39, 0.29) is 24.6 Å². The Hall–Kier alpha value is -3.97. The highest BCUT2D eigenvalue weighted by atomic mass is 19.1. The molecule has 10 heteroatoms. The molecule has 0 radical (unpaired) electrons. The van der Waals surface area contributed by atoms with Crippen LogP contribution in [0.3, 0.4) is 0 Å². The summed E-state index contributed by atoms with van der Waals surface area (Å²) in [7, 11) is 0. The topological polar surface area (TPSA) is 82.7 Å². The average Bonchev–Trinajstić information content (AvgIpc) is 3.56. The zero-order valence-electron chi connectivity index (χ0n) is 19.9. The van der Waals surface area contributed by atoms with Crippen molar-refractivity contribution in [3.8, 4) is 17.2 Å². The number of aromatic nitrogens is 4. The van der Waals surface area contributed by atoms with Crippen molar-refractivity contribution < 1.29 is 13.2 Å². The molecular weight excluding hydrogens is 479 g/mol. The van der Waals surface area contributed by atoms with Gasteiger partial charge in [0.1, 0.15) is 35.2 Å². The van der Waals surface area contributed by atoms with Gasteiger partial charge >= 0.3 is 0 Å². The number of nitrogens with zero attached hydrogens (tertiary/aromatic N) is 6. The first-order valence-corrected chi connectivity index (χ1v) is 12.3. The Morgan fingerprint density at radius 1 is 1.08 bits per heavy atom. The molecule has 1 N–H and O–H groups in total. The van der Waals surface area contributed by atoms with Crippen LogP contribution in [0.25, 0.3) is 22.2 Å². The van der Waals surface area contributed by atoms with Crippen LogP contribution in [0.2, 0.25) is 0 Å². The maximum Gasteiger partial charge on any atom is 0.130 e. The fourth-order valence-electron chi connectivity index (χ4n) is 5.43. The zero-order chi connectivity index (χ0) is 25.5. The molecule has 4 aromatic rings. The molecule has 7 nitrogen and oxygen atoms in total. The number of nitrogens with one attached hydrogen (secondary N) is 1. The van der Waals surface area contributed by atoms with Crippen LogP contribution in [0, 0.1) is 23.0 Å². The van der Waals surface area contributed by atoms with Gasteiger partial charge in [-0.15, -0.1) is 0 Å². The van der Waals surface area contributed by atoms with E-state index in [1.165, 1.54) is 6.20 Å². The summed E-state index contributed by atoms with van der Waals surface area (Å²) in [6.07, 6.45) is 5.89. The predicted octanol–water partition coefficient (Wildman–Crippen LogP) is 4.86. The minimum Gasteiger partial charge on any atom is -0.346 e. The van der Waals surface area contributed by atoms with Gasteiger partial charge in [0.15, 0.2) is 0 Å². The predicted molar refractivity (Wildman–Crippen MR) is 133 cm³/mol. The average molecular weight is 504 g/mol. The number of piperidine rings is 1. The van der Waals surface area contributed by atoms with E-state index in [9.17, 15) is 18.4 Å². The van der Waals surface area contributed by atoms with Gasteiger partial charge < -0.3 is 10.2 Å². The maximum absolute atomic E-state index is 14.6. The van der Waals surface area contributed by atoms with E-state index >= 15 is 0 Å². The molecule has 2 aliphatic rings. The summed E-state index contributed by atoms with van der Waals surface area (Å²) in [4.78, 5) is 10.9. The molecule has 6 rings (SSSR count). The molecule has 0 saturated carbocycles. The van der Waals surface area contributed by atoms with Crippen LogP contribution in [0.15, 0.2) is 48.9 Å². The number of hydrogen-bond donors (Lipinski definition) is 1. The molecule has 2 atom stereocenters. The van der Waals surface area contributed by atoms with Crippen LogP contribution >= 0.6 is 0 Å². The van der Waals surface area contributed by atoms with E-state index in [4.69, 9.17) is 4.98 Å². The van der Waals surface area contributed by atoms with Gasteiger partial charge in [-0.1, -0.05) is 0 Å². The molecule has 2 saturated heterocycles. The van der Waals surface area contributed by atoms with Crippen LogP contribution < -0.4 is 10.2 Å². The summed E-state index contributed by atoms with van der Waals surface area (Å²) in [5.41, 5.74) is 2.82. The van der Waals surface area contributed by atoms with Crippen LogP contribution in [0.5, 0.6) is 0 Å². The van der Waals surface area contributed by atoms with Crippen molar-refractivity contribution in [2.45, 2.75) is 37.5 Å². The number of hydrogen-bond acceptors (Lipinski definition) is 6. The van der Waals surface area contributed by atoms with Gasteiger partial charge in [-0.05, 0) is 56.3 Å². The maximum atomic E-state index is 14.6. The molecule has 37 heavy (non-hydrogen) atoms.